The second kappa shape index (κ2) is 6.65. The van der Waals surface area contributed by atoms with E-state index < -0.39 is 0 Å². The Morgan fingerprint density at radius 3 is 2.88 bits per heavy atom. The third-order valence-electron chi connectivity index (χ3n) is 4.27. The van der Waals surface area contributed by atoms with Crippen LogP contribution >= 0.6 is 24.0 Å². The molecule has 25 heavy (non-hydrogen) atoms. The van der Waals surface area contributed by atoms with Crippen LogP contribution in [-0.2, 0) is 17.8 Å². The molecular weight excluding hydrogens is 350 g/mol. The summed E-state index contributed by atoms with van der Waals surface area (Å²) in [5.41, 5.74) is 3.28. The van der Waals surface area contributed by atoms with Gasteiger partial charge in [-0.25, -0.2) is 0 Å². The van der Waals surface area contributed by atoms with Crippen LogP contribution in [0.15, 0.2) is 53.4 Å². The Hall–Kier alpha value is -2.11. The van der Waals surface area contributed by atoms with Crippen LogP contribution in [0.5, 0.6) is 5.75 Å². The molecule has 126 valence electrons. The fourth-order valence-electron chi connectivity index (χ4n) is 3.09. The van der Waals surface area contributed by atoms with Crippen molar-refractivity contribution in [3.05, 3.63) is 70.1 Å². The lowest BCUT2D eigenvalue weighted by molar-refractivity contribution is -0.122. The van der Waals surface area contributed by atoms with E-state index in [-0.39, 0.29) is 12.0 Å². The number of hydrogen-bond donors (Lipinski definition) is 0. The molecule has 1 unspecified atom stereocenters. The molecule has 0 N–H and O–H groups in total. The fourth-order valence-corrected chi connectivity index (χ4v) is 4.34. The first kappa shape index (κ1) is 16.4. The molecule has 0 aromatic heterocycles. The molecule has 0 bridgehead atoms. The average Bonchev–Trinajstić information content (AvgIpc) is 3.09. The minimum absolute atomic E-state index is 0.0241. The predicted molar refractivity (Wildman–Crippen MR) is 105 cm³/mol. The van der Waals surface area contributed by atoms with Crippen LogP contribution in [0.25, 0.3) is 6.08 Å². The normalized spacial score (nSPS) is 20.9. The first-order valence-corrected chi connectivity index (χ1v) is 9.41. The van der Waals surface area contributed by atoms with E-state index >= 15 is 0 Å². The maximum Gasteiger partial charge on any atom is 0.266 e. The van der Waals surface area contributed by atoms with Crippen LogP contribution in [0.4, 0.5) is 0 Å². The number of thioether (sulfide) groups is 1. The Morgan fingerprint density at radius 2 is 2.08 bits per heavy atom. The predicted octanol–water partition coefficient (Wildman–Crippen LogP) is 4.41. The van der Waals surface area contributed by atoms with Crippen molar-refractivity contribution in [3.8, 4) is 5.75 Å². The molecule has 3 nitrogen and oxygen atoms in total. The number of carbonyl (C=O) groups excluding carboxylic acids is 1. The van der Waals surface area contributed by atoms with Gasteiger partial charge >= 0.3 is 0 Å². The lowest BCUT2D eigenvalue weighted by Gasteiger charge is -2.14. The van der Waals surface area contributed by atoms with E-state index in [9.17, 15) is 4.79 Å². The van der Waals surface area contributed by atoms with E-state index in [4.69, 9.17) is 17.0 Å². The Labute approximate surface area is 156 Å². The fraction of sp³-hybridized carbons (Fsp3) is 0.200. The highest BCUT2D eigenvalue weighted by atomic mass is 32.2. The summed E-state index contributed by atoms with van der Waals surface area (Å²) >= 11 is 6.78. The summed E-state index contributed by atoms with van der Waals surface area (Å²) in [5, 5.41) is 0. The van der Waals surface area contributed by atoms with Crippen LogP contribution in [0.2, 0.25) is 0 Å². The first-order chi connectivity index (χ1) is 12.1. The number of rotatable bonds is 3. The highest BCUT2D eigenvalue weighted by Crippen LogP contribution is 2.35. The molecule has 1 atom stereocenters. The smallest absolute Gasteiger partial charge is 0.266 e. The average molecular weight is 367 g/mol. The summed E-state index contributed by atoms with van der Waals surface area (Å²) in [7, 11) is 0. The highest BCUT2D eigenvalue weighted by molar-refractivity contribution is 8.26. The quantitative estimate of drug-likeness (QED) is 0.594. The molecule has 0 spiro atoms. The number of hydrogen-bond acceptors (Lipinski definition) is 4. The summed E-state index contributed by atoms with van der Waals surface area (Å²) in [6.07, 6.45) is 3.05. The van der Waals surface area contributed by atoms with Gasteiger partial charge in [-0.3, -0.25) is 9.69 Å². The molecule has 0 aliphatic carbocycles. The van der Waals surface area contributed by atoms with Crippen LogP contribution < -0.4 is 4.74 Å². The number of benzene rings is 2. The van der Waals surface area contributed by atoms with E-state index in [1.807, 2.05) is 48.5 Å². The molecule has 2 aliphatic rings. The van der Waals surface area contributed by atoms with Gasteiger partial charge in [0, 0.05) is 6.42 Å². The molecule has 1 amide bonds. The van der Waals surface area contributed by atoms with E-state index in [1.165, 1.54) is 17.3 Å². The van der Waals surface area contributed by atoms with Crippen molar-refractivity contribution in [2.75, 3.05) is 0 Å². The van der Waals surface area contributed by atoms with Crippen molar-refractivity contribution >= 4 is 40.3 Å². The molecule has 1 fully saturated rings. The summed E-state index contributed by atoms with van der Waals surface area (Å²) in [5.74, 6) is 0.922. The third-order valence-corrected chi connectivity index (χ3v) is 5.65. The standard InChI is InChI=1S/C20H17NO2S2/c1-13-9-16-10-15(7-8-17(16)23-13)11-18-19(22)21(20(24)25-18)12-14-5-3-2-4-6-14/h2-8,10-11,13H,9,12H2,1H3. The van der Waals surface area contributed by atoms with Gasteiger partial charge in [0.1, 0.15) is 16.2 Å². The number of amides is 1. The van der Waals surface area contributed by atoms with Gasteiger partial charge in [0.05, 0.1) is 11.4 Å². The molecule has 0 radical (unpaired) electrons. The zero-order valence-electron chi connectivity index (χ0n) is 13.8. The van der Waals surface area contributed by atoms with E-state index in [0.29, 0.717) is 15.8 Å². The van der Waals surface area contributed by atoms with Gasteiger partial charge in [0.2, 0.25) is 0 Å². The van der Waals surface area contributed by atoms with Gasteiger partial charge in [0.25, 0.3) is 5.91 Å². The number of fused-ring (bicyclic) bond motifs is 1. The van der Waals surface area contributed by atoms with Gasteiger partial charge < -0.3 is 4.74 Å². The number of thiocarbonyl (C=S) groups is 1. The maximum atomic E-state index is 12.7. The van der Waals surface area contributed by atoms with Crippen LogP contribution in [0.3, 0.4) is 0 Å². The zero-order chi connectivity index (χ0) is 17.4. The number of nitrogens with zero attached hydrogens (tertiary/aromatic N) is 1. The van der Waals surface area contributed by atoms with Gasteiger partial charge in [-0.05, 0) is 41.8 Å². The number of ether oxygens (including phenoxy) is 1. The van der Waals surface area contributed by atoms with Gasteiger partial charge in [-0.15, -0.1) is 0 Å². The van der Waals surface area contributed by atoms with Crippen molar-refractivity contribution in [1.29, 1.82) is 0 Å². The Balaban J connectivity index is 1.56. The first-order valence-electron chi connectivity index (χ1n) is 8.19. The lowest BCUT2D eigenvalue weighted by Crippen LogP contribution is -2.27. The minimum Gasteiger partial charge on any atom is -0.490 e. The van der Waals surface area contributed by atoms with Gasteiger partial charge in [-0.2, -0.15) is 0 Å². The minimum atomic E-state index is -0.0241. The van der Waals surface area contributed by atoms with Gasteiger partial charge in [0.15, 0.2) is 0 Å². The molecule has 2 aromatic carbocycles. The van der Waals surface area contributed by atoms with Crippen LogP contribution in [-0.4, -0.2) is 21.2 Å². The topological polar surface area (TPSA) is 29.5 Å². The van der Waals surface area contributed by atoms with Crippen molar-refractivity contribution in [2.24, 2.45) is 0 Å². The molecule has 2 aliphatic heterocycles. The maximum absolute atomic E-state index is 12.7. The molecule has 1 saturated heterocycles. The SMILES string of the molecule is CC1Cc2cc(C=C3SC(=S)N(Cc4ccccc4)C3=O)ccc2O1. The highest BCUT2D eigenvalue weighted by Gasteiger charge is 2.32. The molecule has 4 rings (SSSR count). The van der Waals surface area contributed by atoms with E-state index in [0.717, 1.165) is 23.3 Å². The largest absolute Gasteiger partial charge is 0.490 e. The molecular formula is C20H17NO2S2. The second-order valence-electron chi connectivity index (χ2n) is 6.25. The molecule has 0 saturated carbocycles. The van der Waals surface area contributed by atoms with Crippen molar-refractivity contribution < 1.29 is 9.53 Å². The molecule has 2 aromatic rings. The Kier molecular flexibility index (Phi) is 4.36. The Bertz CT molecular complexity index is 877. The molecule has 2 heterocycles. The number of carbonyl (C=O) groups is 1. The summed E-state index contributed by atoms with van der Waals surface area (Å²) in [6.45, 7) is 2.58. The zero-order valence-corrected chi connectivity index (χ0v) is 15.4. The van der Waals surface area contributed by atoms with Crippen LogP contribution in [0, 0.1) is 0 Å². The summed E-state index contributed by atoms with van der Waals surface area (Å²) in [6, 6.07) is 16.0. The van der Waals surface area contributed by atoms with Crippen molar-refractivity contribution in [1.82, 2.24) is 4.90 Å². The van der Waals surface area contributed by atoms with Crippen LogP contribution in [0.1, 0.15) is 23.6 Å². The summed E-state index contributed by atoms with van der Waals surface area (Å²) in [4.78, 5) is 15.1. The van der Waals surface area contributed by atoms with E-state index in [2.05, 4.69) is 13.0 Å². The van der Waals surface area contributed by atoms with Crippen molar-refractivity contribution in [3.63, 3.8) is 0 Å². The lowest BCUT2D eigenvalue weighted by atomic mass is 10.1. The Morgan fingerprint density at radius 1 is 1.28 bits per heavy atom. The molecule has 5 heteroatoms. The third kappa shape index (κ3) is 3.34. The van der Waals surface area contributed by atoms with Gasteiger partial charge in [-0.1, -0.05) is 60.4 Å². The monoisotopic (exact) mass is 367 g/mol. The van der Waals surface area contributed by atoms with E-state index in [1.54, 1.807) is 4.90 Å². The summed E-state index contributed by atoms with van der Waals surface area (Å²) < 4.78 is 6.34. The van der Waals surface area contributed by atoms with Crippen molar-refractivity contribution in [2.45, 2.75) is 26.0 Å². The second-order valence-corrected chi connectivity index (χ2v) is 7.93.